The number of hydrogen-bond acceptors (Lipinski definition) is 7. The summed E-state index contributed by atoms with van der Waals surface area (Å²) in [5.41, 5.74) is 4.51. The Labute approximate surface area is 304 Å². The molecule has 0 radical (unpaired) electrons. The van der Waals surface area contributed by atoms with Gasteiger partial charge in [-0.25, -0.2) is 0 Å². The van der Waals surface area contributed by atoms with Gasteiger partial charge in [-0.2, -0.15) is 0 Å². The molecule has 9 heteroatoms. The molecule has 0 heterocycles. The summed E-state index contributed by atoms with van der Waals surface area (Å²) in [6.45, 7) is 15.9. The molecular weight excluding hydrogens is 657 g/mol. The van der Waals surface area contributed by atoms with Crippen LogP contribution >= 0.6 is 0 Å². The van der Waals surface area contributed by atoms with Crippen molar-refractivity contribution >= 4 is 20.2 Å². The first kappa shape index (κ1) is 39.5. The highest BCUT2D eigenvalue weighted by molar-refractivity contribution is 6.74. The number of amides is 1. The topological polar surface area (TPSA) is 117 Å². The quantitative estimate of drug-likeness (QED) is 0.0696. The summed E-state index contributed by atoms with van der Waals surface area (Å²) >= 11 is 0. The van der Waals surface area contributed by atoms with E-state index in [4.69, 9.17) is 9.16 Å². The number of aliphatic hydroxyl groups is 1. The lowest BCUT2D eigenvalue weighted by molar-refractivity contribution is -0.155. The standard InChI is InChI=1S/C42H54N2O6Si/c1-41(2,3)51(6,7)50-37(34-21-22-36(46)35(25-34)29-45)28-44-42(4,5)26-31-17-14-18-32(23-31)27-43-40(48)39(33-19-12-9-13-20-33)49-38(47)24-30-15-10-8-11-16-30/h8-23,25,37,39,44-46H,24,26-29H2,1-7H3,(H,43,48)/t37-,39?/m1/s1. The Kier molecular flexibility index (Phi) is 13.4. The third-order valence-electron chi connectivity index (χ3n) is 9.54. The van der Waals surface area contributed by atoms with Crippen LogP contribution in [-0.2, 0) is 44.7 Å². The fourth-order valence-corrected chi connectivity index (χ4v) is 6.89. The van der Waals surface area contributed by atoms with E-state index in [0.29, 0.717) is 24.1 Å². The largest absolute Gasteiger partial charge is 0.508 e. The average molecular weight is 711 g/mol. The van der Waals surface area contributed by atoms with E-state index in [1.807, 2.05) is 72.8 Å². The lowest BCUT2D eigenvalue weighted by atomic mass is 9.93. The van der Waals surface area contributed by atoms with E-state index in [9.17, 15) is 19.8 Å². The maximum Gasteiger partial charge on any atom is 0.311 e. The van der Waals surface area contributed by atoms with Gasteiger partial charge >= 0.3 is 5.97 Å². The van der Waals surface area contributed by atoms with E-state index in [1.54, 1.807) is 18.2 Å². The van der Waals surface area contributed by atoms with Crippen molar-refractivity contribution in [1.29, 1.82) is 0 Å². The fraction of sp³-hybridized carbons (Fsp3) is 0.381. The summed E-state index contributed by atoms with van der Waals surface area (Å²) in [6.07, 6.45) is -0.567. The Morgan fingerprint density at radius 2 is 1.41 bits per heavy atom. The van der Waals surface area contributed by atoms with Gasteiger partial charge in [0, 0.05) is 29.8 Å². The van der Waals surface area contributed by atoms with Crippen LogP contribution in [0.1, 0.15) is 80.2 Å². The van der Waals surface area contributed by atoms with Gasteiger partial charge in [-0.1, -0.05) is 112 Å². The second-order valence-electron chi connectivity index (χ2n) is 15.3. The van der Waals surface area contributed by atoms with Crippen LogP contribution in [0.4, 0.5) is 0 Å². The molecule has 1 amide bonds. The lowest BCUT2D eigenvalue weighted by Crippen LogP contribution is -2.47. The van der Waals surface area contributed by atoms with Crippen LogP contribution in [0.5, 0.6) is 5.75 Å². The van der Waals surface area contributed by atoms with Gasteiger partial charge in [-0.05, 0) is 72.8 Å². The van der Waals surface area contributed by atoms with Crippen molar-refractivity contribution in [1.82, 2.24) is 10.6 Å². The number of phenols is 1. The van der Waals surface area contributed by atoms with E-state index < -0.39 is 20.4 Å². The number of carbonyl (C=O) groups excluding carboxylic acids is 2. The summed E-state index contributed by atoms with van der Waals surface area (Å²) in [5, 5.41) is 26.7. The van der Waals surface area contributed by atoms with Crippen molar-refractivity contribution in [3.05, 3.63) is 137 Å². The summed E-state index contributed by atoms with van der Waals surface area (Å²) in [6, 6.07) is 31.8. The van der Waals surface area contributed by atoms with E-state index in [2.05, 4.69) is 70.5 Å². The third-order valence-corrected chi connectivity index (χ3v) is 14.0. The summed E-state index contributed by atoms with van der Waals surface area (Å²) in [7, 11) is -2.17. The number of benzene rings is 4. The van der Waals surface area contributed by atoms with Gasteiger partial charge in [0.1, 0.15) is 5.75 Å². The van der Waals surface area contributed by atoms with Crippen molar-refractivity contribution in [2.45, 2.75) is 96.5 Å². The van der Waals surface area contributed by atoms with Crippen molar-refractivity contribution in [3.8, 4) is 5.75 Å². The average Bonchev–Trinajstić information content (AvgIpc) is 3.08. The molecule has 1 unspecified atom stereocenters. The molecule has 0 aliphatic rings. The van der Waals surface area contributed by atoms with Gasteiger partial charge in [0.2, 0.25) is 6.10 Å². The van der Waals surface area contributed by atoms with Crippen LogP contribution in [0, 0.1) is 0 Å². The SMILES string of the molecule is CC(C)(Cc1cccc(CNC(=O)C(OC(=O)Cc2ccccc2)c2ccccc2)c1)NC[C@@H](O[Si](C)(C)C(C)(C)C)c1ccc(O)c(CO)c1. The van der Waals surface area contributed by atoms with Crippen LogP contribution in [-0.4, -0.2) is 42.5 Å². The molecule has 0 aliphatic carbocycles. The monoisotopic (exact) mass is 710 g/mol. The first-order valence-corrected chi connectivity index (χ1v) is 20.5. The molecule has 4 aromatic carbocycles. The highest BCUT2D eigenvalue weighted by Crippen LogP contribution is 2.40. The van der Waals surface area contributed by atoms with Gasteiger partial charge in [-0.15, -0.1) is 0 Å². The molecular formula is C42H54N2O6Si. The normalized spacial score (nSPS) is 13.3. The van der Waals surface area contributed by atoms with Crippen molar-refractivity contribution in [2.75, 3.05) is 6.54 Å². The van der Waals surface area contributed by atoms with Crippen molar-refractivity contribution < 1.29 is 29.0 Å². The first-order valence-electron chi connectivity index (χ1n) is 17.6. The van der Waals surface area contributed by atoms with Crippen LogP contribution in [0.2, 0.25) is 18.1 Å². The predicted molar refractivity (Wildman–Crippen MR) is 205 cm³/mol. The van der Waals surface area contributed by atoms with Crippen LogP contribution in [0.3, 0.4) is 0 Å². The fourth-order valence-electron chi connectivity index (χ4n) is 5.60. The molecule has 51 heavy (non-hydrogen) atoms. The smallest absolute Gasteiger partial charge is 0.311 e. The van der Waals surface area contributed by atoms with E-state index in [0.717, 1.165) is 22.3 Å². The molecule has 8 nitrogen and oxygen atoms in total. The Balaban J connectivity index is 1.42. The zero-order valence-corrected chi connectivity index (χ0v) is 32.0. The van der Waals surface area contributed by atoms with Crippen LogP contribution < -0.4 is 10.6 Å². The molecule has 0 bridgehead atoms. The zero-order chi connectivity index (χ0) is 37.2. The van der Waals surface area contributed by atoms with E-state index in [1.165, 1.54) is 0 Å². The molecule has 0 fully saturated rings. The highest BCUT2D eigenvalue weighted by atomic mass is 28.4. The molecule has 0 spiro atoms. The molecule has 272 valence electrons. The van der Waals surface area contributed by atoms with Crippen molar-refractivity contribution in [3.63, 3.8) is 0 Å². The molecule has 4 N–H and O–H groups in total. The lowest BCUT2D eigenvalue weighted by Gasteiger charge is -2.40. The van der Waals surface area contributed by atoms with Gasteiger partial charge in [0.25, 0.3) is 5.91 Å². The summed E-state index contributed by atoms with van der Waals surface area (Å²) < 4.78 is 12.6. The number of aliphatic hydroxyl groups excluding tert-OH is 1. The molecule has 4 rings (SSSR count). The maximum absolute atomic E-state index is 13.5. The van der Waals surface area contributed by atoms with Gasteiger partial charge in [0.05, 0.1) is 19.1 Å². The van der Waals surface area contributed by atoms with E-state index >= 15 is 0 Å². The minimum atomic E-state index is -2.17. The number of ether oxygens (including phenoxy) is 1. The number of aromatic hydroxyl groups is 1. The maximum atomic E-state index is 13.5. The second-order valence-corrected chi connectivity index (χ2v) is 20.1. The highest BCUT2D eigenvalue weighted by Gasteiger charge is 2.40. The van der Waals surface area contributed by atoms with Crippen LogP contribution in [0.15, 0.2) is 103 Å². The molecule has 0 saturated carbocycles. The first-order chi connectivity index (χ1) is 24.1. The number of rotatable bonds is 16. The molecule has 0 aromatic heterocycles. The molecule has 2 atom stereocenters. The van der Waals surface area contributed by atoms with E-state index in [-0.39, 0.29) is 47.9 Å². The molecule has 0 aliphatic heterocycles. The predicted octanol–water partition coefficient (Wildman–Crippen LogP) is 7.70. The Morgan fingerprint density at radius 3 is 2.06 bits per heavy atom. The summed E-state index contributed by atoms with van der Waals surface area (Å²) in [5.74, 6) is -0.796. The van der Waals surface area contributed by atoms with Gasteiger partial charge in [-0.3, -0.25) is 9.59 Å². The molecule has 0 saturated heterocycles. The van der Waals surface area contributed by atoms with Crippen molar-refractivity contribution in [2.24, 2.45) is 0 Å². The number of esters is 1. The van der Waals surface area contributed by atoms with Gasteiger partial charge < -0.3 is 30.0 Å². The number of hydrogen-bond donors (Lipinski definition) is 4. The summed E-state index contributed by atoms with van der Waals surface area (Å²) in [4.78, 5) is 26.3. The third kappa shape index (κ3) is 11.6. The number of nitrogens with one attached hydrogen (secondary N) is 2. The minimum absolute atomic E-state index is 0.00170. The zero-order valence-electron chi connectivity index (χ0n) is 31.0. The Morgan fingerprint density at radius 1 is 0.784 bits per heavy atom. The Bertz CT molecular complexity index is 1740. The number of carbonyl (C=O) groups is 2. The van der Waals surface area contributed by atoms with Crippen LogP contribution in [0.25, 0.3) is 0 Å². The Hall–Kier alpha value is -4.28. The molecule has 4 aromatic rings. The second kappa shape index (κ2) is 17.3. The van der Waals surface area contributed by atoms with Gasteiger partial charge in [0.15, 0.2) is 8.32 Å². The minimum Gasteiger partial charge on any atom is -0.508 e.